The van der Waals surface area contributed by atoms with Gasteiger partial charge in [0.25, 0.3) is 0 Å². The van der Waals surface area contributed by atoms with Gasteiger partial charge in [-0.2, -0.15) is 0 Å². The van der Waals surface area contributed by atoms with Gasteiger partial charge in [-0.05, 0) is 73.2 Å². The smallest absolute Gasteiger partial charge is 0.246 e. The second-order valence-corrected chi connectivity index (χ2v) is 11.8. The summed E-state index contributed by atoms with van der Waals surface area (Å²) in [5.74, 6) is 1.09. The molecule has 1 aliphatic carbocycles. The topological polar surface area (TPSA) is 82.6 Å². The van der Waals surface area contributed by atoms with E-state index in [1.54, 1.807) is 23.6 Å². The predicted molar refractivity (Wildman–Crippen MR) is 144 cm³/mol. The zero-order chi connectivity index (χ0) is 25.4. The van der Waals surface area contributed by atoms with Crippen molar-refractivity contribution in [3.05, 3.63) is 63.5 Å². The van der Waals surface area contributed by atoms with Crippen molar-refractivity contribution >= 4 is 41.0 Å². The number of hydrogen-bond acceptors (Lipinski definition) is 5. The summed E-state index contributed by atoms with van der Waals surface area (Å²) >= 11 is 1.77. The minimum absolute atomic E-state index is 0.00150. The van der Waals surface area contributed by atoms with Gasteiger partial charge in [-0.1, -0.05) is 17.7 Å². The number of thiophene rings is 1. The molecular weight excluding hydrogens is 484 g/mol. The Morgan fingerprint density at radius 1 is 1.19 bits per heavy atom. The number of nitrogens with zero attached hydrogens (tertiary/aromatic N) is 3. The summed E-state index contributed by atoms with van der Waals surface area (Å²) in [6.07, 6.45) is 13.2. The van der Waals surface area contributed by atoms with E-state index in [1.807, 2.05) is 21.9 Å². The summed E-state index contributed by atoms with van der Waals surface area (Å²) in [7, 11) is 0. The zero-order valence-electron chi connectivity index (χ0n) is 20.9. The predicted octanol–water partition coefficient (Wildman–Crippen LogP) is 4.07. The Balaban J connectivity index is 1.08. The number of carbonyl (C=O) groups excluding carboxylic acids is 3. The van der Waals surface area contributed by atoms with Crippen LogP contribution >= 0.6 is 11.3 Å². The molecule has 0 atom stereocenters. The molecule has 8 heteroatoms. The highest BCUT2D eigenvalue weighted by Crippen LogP contribution is 2.42. The van der Waals surface area contributed by atoms with Crippen LogP contribution in [0.1, 0.15) is 48.1 Å². The van der Waals surface area contributed by atoms with Crippen LogP contribution in [0, 0.1) is 11.3 Å². The molecule has 0 aromatic carbocycles. The van der Waals surface area contributed by atoms with E-state index < -0.39 is 5.41 Å². The first-order chi connectivity index (χ1) is 18.0. The summed E-state index contributed by atoms with van der Waals surface area (Å²) in [4.78, 5) is 47.9. The lowest BCUT2D eigenvalue weighted by Crippen LogP contribution is -2.51. The van der Waals surface area contributed by atoms with E-state index in [-0.39, 0.29) is 23.6 Å². The fourth-order valence-corrected chi connectivity index (χ4v) is 6.44. The molecule has 2 aromatic rings. The largest absolute Gasteiger partial charge is 0.342 e. The lowest BCUT2D eigenvalue weighted by molar-refractivity contribution is -0.139. The average Bonchev–Trinajstić information content (AvgIpc) is 3.65. The fourth-order valence-electron chi connectivity index (χ4n) is 5.68. The van der Waals surface area contributed by atoms with Crippen molar-refractivity contribution in [2.45, 2.75) is 44.9 Å². The van der Waals surface area contributed by atoms with Gasteiger partial charge in [-0.25, -0.2) is 4.98 Å². The van der Waals surface area contributed by atoms with Crippen molar-refractivity contribution in [3.8, 4) is 0 Å². The quantitative estimate of drug-likeness (QED) is 0.480. The highest BCUT2D eigenvalue weighted by Gasteiger charge is 2.46. The van der Waals surface area contributed by atoms with Crippen molar-refractivity contribution in [3.63, 3.8) is 0 Å². The van der Waals surface area contributed by atoms with E-state index >= 15 is 0 Å². The van der Waals surface area contributed by atoms with Crippen LogP contribution in [0.5, 0.6) is 0 Å². The van der Waals surface area contributed by atoms with E-state index in [0.29, 0.717) is 44.7 Å². The van der Waals surface area contributed by atoms with E-state index in [2.05, 4.69) is 33.9 Å². The number of hydrogen-bond donors (Lipinski definition) is 1. The van der Waals surface area contributed by atoms with E-state index in [1.165, 1.54) is 10.5 Å². The Bertz CT molecular complexity index is 1270. The molecule has 1 spiro atoms. The average molecular weight is 517 g/mol. The van der Waals surface area contributed by atoms with Crippen LogP contribution in [0.4, 0.5) is 5.82 Å². The van der Waals surface area contributed by atoms with Crippen molar-refractivity contribution in [2.75, 3.05) is 31.5 Å². The molecule has 5 heterocycles. The number of aromatic nitrogens is 1. The standard InChI is InChI=1S/C29H32N4O3S/c34-25(32-11-7-20(8-12-32)17-24-2-1-15-37-24)6-3-21-16-23-18-29(28(36)31-26(23)30-19-21)9-13-33(14-10-29)27(35)22-4-5-22/h1-3,6-7,15-16,19,22H,4-5,8-14,17-18H2,(H,30,31,36)/b6-3+. The third kappa shape index (κ3) is 5.12. The van der Waals surface area contributed by atoms with Gasteiger partial charge in [-0.15, -0.1) is 11.3 Å². The summed E-state index contributed by atoms with van der Waals surface area (Å²) in [5.41, 5.74) is 2.75. The molecule has 1 N–H and O–H groups in total. The van der Waals surface area contributed by atoms with Crippen LogP contribution in [-0.2, 0) is 27.2 Å². The first kappa shape index (κ1) is 24.1. The van der Waals surface area contributed by atoms with Crippen LogP contribution in [0.25, 0.3) is 6.08 Å². The maximum absolute atomic E-state index is 13.0. The molecule has 6 rings (SSSR count). The molecule has 0 radical (unpaired) electrons. The van der Waals surface area contributed by atoms with Crippen LogP contribution in [0.2, 0.25) is 0 Å². The Hall–Kier alpha value is -3.26. The molecule has 3 aliphatic heterocycles. The van der Waals surface area contributed by atoms with Gasteiger partial charge >= 0.3 is 0 Å². The summed E-state index contributed by atoms with van der Waals surface area (Å²) in [6, 6.07) is 6.27. The van der Waals surface area contributed by atoms with Crippen LogP contribution in [0.15, 0.2) is 47.5 Å². The minimum Gasteiger partial charge on any atom is -0.342 e. The zero-order valence-corrected chi connectivity index (χ0v) is 21.8. The normalized spacial score (nSPS) is 21.1. The highest BCUT2D eigenvalue weighted by molar-refractivity contribution is 7.09. The molecule has 7 nitrogen and oxygen atoms in total. The van der Waals surface area contributed by atoms with Gasteiger partial charge in [0.1, 0.15) is 5.82 Å². The molecule has 0 bridgehead atoms. The number of rotatable bonds is 5. The maximum atomic E-state index is 13.0. The molecule has 1 saturated heterocycles. The number of carbonyl (C=O) groups is 3. The molecule has 0 unspecified atom stereocenters. The van der Waals surface area contributed by atoms with Gasteiger partial charge in [0.05, 0.1) is 5.41 Å². The third-order valence-corrected chi connectivity index (χ3v) is 9.08. The van der Waals surface area contributed by atoms with E-state index in [0.717, 1.165) is 43.4 Å². The summed E-state index contributed by atoms with van der Waals surface area (Å²) < 4.78 is 0. The Labute approximate surface area is 221 Å². The third-order valence-electron chi connectivity index (χ3n) is 8.20. The van der Waals surface area contributed by atoms with Gasteiger partial charge in [-0.3, -0.25) is 14.4 Å². The van der Waals surface area contributed by atoms with Crippen molar-refractivity contribution in [1.82, 2.24) is 14.8 Å². The molecule has 2 fully saturated rings. The van der Waals surface area contributed by atoms with Gasteiger partial charge in [0.15, 0.2) is 0 Å². The molecular formula is C29H32N4O3S. The number of nitrogens with one attached hydrogen (secondary N) is 1. The van der Waals surface area contributed by atoms with E-state index in [9.17, 15) is 14.4 Å². The number of piperidine rings is 1. The van der Waals surface area contributed by atoms with Gasteiger partial charge in [0, 0.05) is 55.7 Å². The number of anilines is 1. The van der Waals surface area contributed by atoms with E-state index in [4.69, 9.17) is 0 Å². The number of amides is 3. The lowest BCUT2D eigenvalue weighted by Gasteiger charge is -2.43. The molecule has 192 valence electrons. The molecule has 4 aliphatic rings. The van der Waals surface area contributed by atoms with Crippen LogP contribution < -0.4 is 5.32 Å². The molecule has 37 heavy (non-hydrogen) atoms. The number of fused-ring (bicyclic) bond motifs is 1. The molecule has 3 amide bonds. The van der Waals surface area contributed by atoms with Gasteiger partial charge in [0.2, 0.25) is 17.7 Å². The summed E-state index contributed by atoms with van der Waals surface area (Å²) in [6.45, 7) is 2.65. The Morgan fingerprint density at radius 3 is 2.73 bits per heavy atom. The van der Waals surface area contributed by atoms with Crippen LogP contribution in [0.3, 0.4) is 0 Å². The minimum atomic E-state index is -0.492. The molecule has 1 saturated carbocycles. The SMILES string of the molecule is O=C(/C=C/c1cnc2c(c1)CC1(CCN(C(=O)C3CC3)CC1)C(=O)N2)N1CC=C(Cc2cccs2)CC1. The number of pyridine rings is 1. The maximum Gasteiger partial charge on any atom is 0.246 e. The molecule has 2 aromatic heterocycles. The number of likely N-dealkylation sites (tertiary alicyclic amines) is 1. The summed E-state index contributed by atoms with van der Waals surface area (Å²) in [5, 5.41) is 5.11. The van der Waals surface area contributed by atoms with Crippen molar-refractivity contribution < 1.29 is 14.4 Å². The van der Waals surface area contributed by atoms with Gasteiger partial charge < -0.3 is 15.1 Å². The van der Waals surface area contributed by atoms with Crippen molar-refractivity contribution in [2.24, 2.45) is 11.3 Å². The van der Waals surface area contributed by atoms with Crippen molar-refractivity contribution in [1.29, 1.82) is 0 Å². The highest BCUT2D eigenvalue weighted by atomic mass is 32.1. The van der Waals surface area contributed by atoms with Crippen LogP contribution in [-0.4, -0.2) is 58.7 Å². The Kier molecular flexibility index (Phi) is 6.44. The fraction of sp³-hybridized carbons (Fsp3) is 0.448. The first-order valence-corrected chi connectivity index (χ1v) is 14.1. The first-order valence-electron chi connectivity index (χ1n) is 13.3. The monoisotopic (exact) mass is 516 g/mol. The Morgan fingerprint density at radius 2 is 2.03 bits per heavy atom. The second-order valence-electron chi connectivity index (χ2n) is 10.8. The second kappa shape index (κ2) is 9.89. The lowest BCUT2D eigenvalue weighted by atomic mass is 9.71.